The van der Waals surface area contributed by atoms with Crippen molar-refractivity contribution in [1.29, 1.82) is 0 Å². The monoisotopic (exact) mass is 237 g/mol. The van der Waals surface area contributed by atoms with E-state index in [9.17, 15) is 4.21 Å². The average molecular weight is 237 g/mol. The zero-order valence-electron chi connectivity index (χ0n) is 9.69. The van der Waals surface area contributed by atoms with E-state index in [1.165, 1.54) is 11.1 Å². The summed E-state index contributed by atoms with van der Waals surface area (Å²) in [4.78, 5) is 0. The molecule has 3 unspecified atom stereocenters. The van der Waals surface area contributed by atoms with Gasteiger partial charge in [0.25, 0.3) is 0 Å². The van der Waals surface area contributed by atoms with E-state index in [2.05, 4.69) is 19.1 Å². The summed E-state index contributed by atoms with van der Waals surface area (Å²) in [6.45, 7) is 2.07. The second kappa shape index (κ2) is 5.11. The van der Waals surface area contributed by atoms with Crippen LogP contribution < -0.4 is 5.73 Å². The van der Waals surface area contributed by atoms with Gasteiger partial charge in [-0.05, 0) is 30.9 Å². The van der Waals surface area contributed by atoms with E-state index in [0.29, 0.717) is 5.75 Å². The van der Waals surface area contributed by atoms with Crippen molar-refractivity contribution in [2.45, 2.75) is 43.2 Å². The minimum atomic E-state index is -0.812. The maximum Gasteiger partial charge on any atom is 0.0502 e. The second-order valence-electron chi connectivity index (χ2n) is 4.58. The highest BCUT2D eigenvalue weighted by molar-refractivity contribution is 7.84. The predicted octanol–water partition coefficient (Wildman–Crippen LogP) is 2.12. The molecule has 1 aliphatic carbocycles. The lowest BCUT2D eigenvalue weighted by molar-refractivity contribution is 0.648. The van der Waals surface area contributed by atoms with Gasteiger partial charge in [0.15, 0.2) is 0 Å². The quantitative estimate of drug-likeness (QED) is 0.875. The van der Waals surface area contributed by atoms with E-state index in [4.69, 9.17) is 5.73 Å². The normalized spacial score (nSPS) is 26.9. The molecule has 16 heavy (non-hydrogen) atoms. The second-order valence-corrected chi connectivity index (χ2v) is 6.24. The smallest absolute Gasteiger partial charge is 0.0502 e. The van der Waals surface area contributed by atoms with Crippen LogP contribution in [-0.4, -0.2) is 15.5 Å². The van der Waals surface area contributed by atoms with Gasteiger partial charge in [-0.25, -0.2) is 0 Å². The number of hydrogen-bond donors (Lipinski definition) is 1. The molecule has 0 amide bonds. The molecule has 1 aromatic rings. The van der Waals surface area contributed by atoms with Crippen LogP contribution in [0.2, 0.25) is 0 Å². The minimum absolute atomic E-state index is 0.143. The average Bonchev–Trinajstić information content (AvgIpc) is 2.68. The number of rotatable bonds is 3. The molecule has 2 N–H and O–H groups in total. The summed E-state index contributed by atoms with van der Waals surface area (Å²) in [5.41, 5.74) is 8.40. The van der Waals surface area contributed by atoms with Crippen molar-refractivity contribution >= 4 is 10.8 Å². The fourth-order valence-electron chi connectivity index (χ4n) is 2.31. The van der Waals surface area contributed by atoms with Crippen LogP contribution in [0.25, 0.3) is 0 Å². The number of aryl methyl sites for hydroxylation is 1. The summed E-state index contributed by atoms with van der Waals surface area (Å²) < 4.78 is 12.2. The molecule has 88 valence electrons. The first kappa shape index (κ1) is 11.8. The Kier molecular flexibility index (Phi) is 3.77. The lowest BCUT2D eigenvalue weighted by Gasteiger charge is -2.15. The number of hydrogen-bond acceptors (Lipinski definition) is 2. The van der Waals surface area contributed by atoms with E-state index in [0.717, 1.165) is 19.3 Å². The van der Waals surface area contributed by atoms with Gasteiger partial charge >= 0.3 is 0 Å². The van der Waals surface area contributed by atoms with Crippen LogP contribution in [-0.2, 0) is 16.6 Å². The van der Waals surface area contributed by atoms with Gasteiger partial charge in [-0.3, -0.25) is 4.21 Å². The summed E-state index contributed by atoms with van der Waals surface area (Å²) in [6, 6.07) is 8.30. The summed E-state index contributed by atoms with van der Waals surface area (Å²) in [6.07, 6.45) is 3.19. The van der Waals surface area contributed by atoms with Gasteiger partial charge in [-0.15, -0.1) is 0 Å². The molecule has 2 rings (SSSR count). The van der Waals surface area contributed by atoms with Crippen LogP contribution in [0.15, 0.2) is 24.3 Å². The van der Waals surface area contributed by atoms with Crippen molar-refractivity contribution in [2.75, 3.05) is 0 Å². The Labute approximate surface area is 99.7 Å². The topological polar surface area (TPSA) is 43.1 Å². The Bertz CT molecular complexity index is 391. The lowest BCUT2D eigenvalue weighted by Crippen LogP contribution is -2.33. The van der Waals surface area contributed by atoms with Gasteiger partial charge in [0.2, 0.25) is 0 Å². The van der Waals surface area contributed by atoms with Gasteiger partial charge in [0.05, 0.1) is 5.25 Å². The molecule has 0 bridgehead atoms. The Balaban J connectivity index is 2.05. The highest BCUT2D eigenvalue weighted by Gasteiger charge is 2.29. The third-order valence-electron chi connectivity index (χ3n) is 3.40. The van der Waals surface area contributed by atoms with Gasteiger partial charge < -0.3 is 5.73 Å². The van der Waals surface area contributed by atoms with E-state index >= 15 is 0 Å². The van der Waals surface area contributed by atoms with Crippen molar-refractivity contribution < 1.29 is 4.21 Å². The zero-order valence-corrected chi connectivity index (χ0v) is 10.5. The van der Waals surface area contributed by atoms with Gasteiger partial charge in [-0.1, -0.05) is 30.7 Å². The van der Waals surface area contributed by atoms with Crippen molar-refractivity contribution in [3.63, 3.8) is 0 Å². The fraction of sp³-hybridized carbons (Fsp3) is 0.538. The minimum Gasteiger partial charge on any atom is -0.327 e. The lowest BCUT2D eigenvalue weighted by atomic mass is 10.1. The number of benzene rings is 1. The van der Waals surface area contributed by atoms with Crippen LogP contribution >= 0.6 is 0 Å². The van der Waals surface area contributed by atoms with Crippen LogP contribution in [0.1, 0.15) is 30.4 Å². The van der Waals surface area contributed by atoms with Crippen LogP contribution in [0.3, 0.4) is 0 Å². The Morgan fingerprint density at radius 3 is 2.75 bits per heavy atom. The van der Waals surface area contributed by atoms with Gasteiger partial charge in [0.1, 0.15) is 0 Å². The molecule has 0 aromatic heterocycles. The molecule has 3 heteroatoms. The summed E-state index contributed by atoms with van der Waals surface area (Å²) in [5.74, 6) is 0.658. The molecule has 0 radical (unpaired) electrons. The third-order valence-corrected chi connectivity index (χ3v) is 5.26. The maximum absolute atomic E-state index is 12.2. The van der Waals surface area contributed by atoms with Crippen LogP contribution in [0.4, 0.5) is 0 Å². The Hall–Kier alpha value is -0.670. The molecule has 1 fully saturated rings. The first-order valence-electron chi connectivity index (χ1n) is 5.86. The Morgan fingerprint density at radius 2 is 2.12 bits per heavy atom. The van der Waals surface area contributed by atoms with Crippen molar-refractivity contribution in [3.05, 3.63) is 35.4 Å². The summed E-state index contributed by atoms with van der Waals surface area (Å²) >= 11 is 0. The largest absolute Gasteiger partial charge is 0.327 e. The number of nitrogens with two attached hydrogens (primary N) is 1. The van der Waals surface area contributed by atoms with Gasteiger partial charge in [-0.2, -0.15) is 0 Å². The van der Waals surface area contributed by atoms with Crippen LogP contribution in [0, 0.1) is 6.92 Å². The fourth-order valence-corrected chi connectivity index (χ4v) is 4.11. The SMILES string of the molecule is Cc1ccccc1CS(=O)C1CCCC1N. The summed E-state index contributed by atoms with van der Waals surface area (Å²) in [7, 11) is -0.812. The van der Waals surface area contributed by atoms with Crippen molar-refractivity contribution in [3.8, 4) is 0 Å². The van der Waals surface area contributed by atoms with Crippen LogP contribution in [0.5, 0.6) is 0 Å². The molecular weight excluding hydrogens is 218 g/mol. The molecule has 0 aliphatic heterocycles. The molecular formula is C13H19NOS. The van der Waals surface area contributed by atoms with E-state index in [1.54, 1.807) is 0 Å². The van der Waals surface area contributed by atoms with Crippen molar-refractivity contribution in [1.82, 2.24) is 0 Å². The zero-order chi connectivity index (χ0) is 11.5. The Morgan fingerprint density at radius 1 is 1.38 bits per heavy atom. The molecule has 0 heterocycles. The molecule has 1 saturated carbocycles. The molecule has 1 aromatic carbocycles. The molecule has 2 nitrogen and oxygen atoms in total. The first-order valence-corrected chi connectivity index (χ1v) is 7.24. The molecule has 1 aliphatic rings. The standard InChI is InChI=1S/C13H19NOS/c1-10-5-2-3-6-11(10)9-16(15)13-8-4-7-12(13)14/h2-3,5-6,12-13H,4,7-9,14H2,1H3. The highest BCUT2D eigenvalue weighted by Crippen LogP contribution is 2.24. The van der Waals surface area contributed by atoms with E-state index < -0.39 is 10.8 Å². The highest BCUT2D eigenvalue weighted by atomic mass is 32.2. The van der Waals surface area contributed by atoms with Gasteiger partial charge in [0, 0.05) is 22.6 Å². The first-order chi connectivity index (χ1) is 7.68. The predicted molar refractivity (Wildman–Crippen MR) is 68.6 cm³/mol. The van der Waals surface area contributed by atoms with E-state index in [-0.39, 0.29) is 11.3 Å². The molecule has 0 saturated heterocycles. The molecule has 3 atom stereocenters. The van der Waals surface area contributed by atoms with E-state index in [1.807, 2.05) is 12.1 Å². The third kappa shape index (κ3) is 2.53. The maximum atomic E-state index is 12.2. The summed E-state index contributed by atoms with van der Waals surface area (Å²) in [5, 5.41) is 0.208. The molecule has 0 spiro atoms. The van der Waals surface area contributed by atoms with Crippen molar-refractivity contribution in [2.24, 2.45) is 5.73 Å².